The van der Waals surface area contributed by atoms with Crippen LogP contribution in [-0.4, -0.2) is 28.8 Å². The SMILES string of the molecule is C=C(CNCCC)CSc1nccc(C)n1. The summed E-state index contributed by atoms with van der Waals surface area (Å²) >= 11 is 1.64. The molecule has 0 saturated carbocycles. The Bertz CT molecular complexity index is 339. The molecule has 0 radical (unpaired) electrons. The van der Waals surface area contributed by atoms with Crippen LogP contribution in [-0.2, 0) is 0 Å². The lowest BCUT2D eigenvalue weighted by Crippen LogP contribution is -2.18. The van der Waals surface area contributed by atoms with Crippen molar-refractivity contribution < 1.29 is 0 Å². The van der Waals surface area contributed by atoms with Crippen LogP contribution in [0.25, 0.3) is 0 Å². The molecule has 1 heterocycles. The molecule has 88 valence electrons. The van der Waals surface area contributed by atoms with Gasteiger partial charge in [0.2, 0.25) is 0 Å². The van der Waals surface area contributed by atoms with E-state index in [1.807, 2.05) is 13.0 Å². The molecule has 0 spiro atoms. The highest BCUT2D eigenvalue weighted by Crippen LogP contribution is 2.14. The van der Waals surface area contributed by atoms with Crippen molar-refractivity contribution in [1.29, 1.82) is 0 Å². The summed E-state index contributed by atoms with van der Waals surface area (Å²) in [5.41, 5.74) is 2.19. The lowest BCUT2D eigenvalue weighted by Gasteiger charge is -2.06. The van der Waals surface area contributed by atoms with E-state index in [2.05, 4.69) is 28.8 Å². The Labute approximate surface area is 102 Å². The van der Waals surface area contributed by atoms with Crippen molar-refractivity contribution in [3.05, 3.63) is 30.1 Å². The second-order valence-electron chi connectivity index (χ2n) is 3.70. The van der Waals surface area contributed by atoms with Crippen LogP contribution in [0.2, 0.25) is 0 Å². The molecule has 0 amide bonds. The van der Waals surface area contributed by atoms with E-state index in [9.17, 15) is 0 Å². The molecule has 3 nitrogen and oxygen atoms in total. The van der Waals surface area contributed by atoms with E-state index in [0.29, 0.717) is 0 Å². The maximum absolute atomic E-state index is 4.33. The molecule has 0 atom stereocenters. The van der Waals surface area contributed by atoms with Gasteiger partial charge in [-0.1, -0.05) is 30.8 Å². The number of aryl methyl sites for hydroxylation is 1. The van der Waals surface area contributed by atoms with E-state index in [-0.39, 0.29) is 0 Å². The molecule has 0 aliphatic carbocycles. The van der Waals surface area contributed by atoms with Gasteiger partial charge in [-0.25, -0.2) is 9.97 Å². The summed E-state index contributed by atoms with van der Waals surface area (Å²) in [6.45, 7) is 10.1. The third-order valence-corrected chi connectivity index (χ3v) is 2.99. The van der Waals surface area contributed by atoms with E-state index in [4.69, 9.17) is 0 Å². The summed E-state index contributed by atoms with van der Waals surface area (Å²) in [6.07, 6.45) is 2.95. The lowest BCUT2D eigenvalue weighted by atomic mass is 10.3. The molecule has 4 heteroatoms. The smallest absolute Gasteiger partial charge is 0.188 e. The minimum absolute atomic E-state index is 0.830. The van der Waals surface area contributed by atoms with Gasteiger partial charge in [0.15, 0.2) is 5.16 Å². The number of nitrogens with zero attached hydrogens (tertiary/aromatic N) is 2. The first kappa shape index (κ1) is 13.2. The van der Waals surface area contributed by atoms with Crippen molar-refractivity contribution in [3.63, 3.8) is 0 Å². The maximum Gasteiger partial charge on any atom is 0.188 e. The van der Waals surface area contributed by atoms with Crippen LogP contribution in [0.15, 0.2) is 29.6 Å². The number of hydrogen-bond acceptors (Lipinski definition) is 4. The highest BCUT2D eigenvalue weighted by molar-refractivity contribution is 7.99. The molecule has 0 unspecified atom stereocenters. The van der Waals surface area contributed by atoms with Crippen molar-refractivity contribution in [2.75, 3.05) is 18.8 Å². The predicted molar refractivity (Wildman–Crippen MR) is 69.8 cm³/mol. The Morgan fingerprint density at radius 3 is 3.06 bits per heavy atom. The van der Waals surface area contributed by atoms with E-state index in [1.54, 1.807) is 18.0 Å². The molecule has 0 aromatic carbocycles. The Hall–Kier alpha value is -0.870. The number of thioether (sulfide) groups is 1. The van der Waals surface area contributed by atoms with E-state index in [1.165, 1.54) is 5.57 Å². The molecule has 0 fully saturated rings. The number of hydrogen-bond donors (Lipinski definition) is 1. The van der Waals surface area contributed by atoms with Gasteiger partial charge in [-0.05, 0) is 26.0 Å². The first-order valence-corrected chi connectivity index (χ1v) is 6.50. The third kappa shape index (κ3) is 5.28. The molecule has 1 aromatic rings. The molecule has 0 aliphatic rings. The zero-order valence-corrected chi connectivity index (χ0v) is 10.8. The van der Waals surface area contributed by atoms with Gasteiger partial charge in [-0.2, -0.15) is 0 Å². The number of nitrogens with one attached hydrogen (secondary N) is 1. The average molecular weight is 237 g/mol. The van der Waals surface area contributed by atoms with Gasteiger partial charge in [0.05, 0.1) is 0 Å². The summed E-state index contributed by atoms with van der Waals surface area (Å²) in [5.74, 6) is 0.875. The van der Waals surface area contributed by atoms with Gasteiger partial charge in [-0.3, -0.25) is 0 Å². The monoisotopic (exact) mass is 237 g/mol. The minimum atomic E-state index is 0.830. The fourth-order valence-electron chi connectivity index (χ4n) is 1.16. The first-order chi connectivity index (χ1) is 7.72. The summed E-state index contributed by atoms with van der Waals surface area (Å²) in [4.78, 5) is 8.53. The van der Waals surface area contributed by atoms with Crippen molar-refractivity contribution in [1.82, 2.24) is 15.3 Å². The van der Waals surface area contributed by atoms with Crippen LogP contribution in [0, 0.1) is 6.92 Å². The van der Waals surface area contributed by atoms with Gasteiger partial charge in [0.1, 0.15) is 0 Å². The zero-order chi connectivity index (χ0) is 11.8. The van der Waals surface area contributed by atoms with Crippen LogP contribution in [0.5, 0.6) is 0 Å². The Morgan fingerprint density at radius 2 is 2.38 bits per heavy atom. The normalized spacial score (nSPS) is 10.4. The van der Waals surface area contributed by atoms with E-state index in [0.717, 1.165) is 36.1 Å². The zero-order valence-electron chi connectivity index (χ0n) is 9.99. The molecule has 16 heavy (non-hydrogen) atoms. The Balaban J connectivity index is 2.26. The van der Waals surface area contributed by atoms with E-state index >= 15 is 0 Å². The molecule has 1 N–H and O–H groups in total. The van der Waals surface area contributed by atoms with Crippen LogP contribution < -0.4 is 5.32 Å². The molecule has 1 rings (SSSR count). The topological polar surface area (TPSA) is 37.8 Å². The Kier molecular flexibility index (Phi) is 6.11. The highest BCUT2D eigenvalue weighted by atomic mass is 32.2. The second-order valence-corrected chi connectivity index (χ2v) is 4.64. The van der Waals surface area contributed by atoms with Crippen molar-refractivity contribution in [2.45, 2.75) is 25.4 Å². The summed E-state index contributed by atoms with van der Waals surface area (Å²) < 4.78 is 0. The van der Waals surface area contributed by atoms with Crippen molar-refractivity contribution in [2.24, 2.45) is 0 Å². The quantitative estimate of drug-likeness (QED) is 0.342. The summed E-state index contributed by atoms with van der Waals surface area (Å²) in [5, 5.41) is 4.16. The standard InChI is InChI=1S/C12H19N3S/c1-4-6-13-8-10(2)9-16-12-14-7-5-11(3)15-12/h5,7,13H,2,4,6,8-9H2,1,3H3. The molecule has 0 aliphatic heterocycles. The van der Waals surface area contributed by atoms with Gasteiger partial charge in [0.25, 0.3) is 0 Å². The highest BCUT2D eigenvalue weighted by Gasteiger charge is 1.99. The molecule has 1 aromatic heterocycles. The van der Waals surface area contributed by atoms with Crippen molar-refractivity contribution >= 4 is 11.8 Å². The third-order valence-electron chi connectivity index (χ3n) is 1.98. The van der Waals surface area contributed by atoms with Gasteiger partial charge in [-0.15, -0.1) is 0 Å². The number of rotatable bonds is 7. The second kappa shape index (κ2) is 7.41. The van der Waals surface area contributed by atoms with Gasteiger partial charge >= 0.3 is 0 Å². The van der Waals surface area contributed by atoms with Crippen molar-refractivity contribution in [3.8, 4) is 0 Å². The molecule has 0 saturated heterocycles. The van der Waals surface area contributed by atoms with Crippen LogP contribution >= 0.6 is 11.8 Å². The van der Waals surface area contributed by atoms with Gasteiger partial charge in [0, 0.05) is 24.2 Å². The van der Waals surface area contributed by atoms with Crippen LogP contribution in [0.3, 0.4) is 0 Å². The number of aromatic nitrogens is 2. The molecule has 0 bridgehead atoms. The minimum Gasteiger partial charge on any atom is -0.313 e. The average Bonchev–Trinajstić information content (AvgIpc) is 2.27. The van der Waals surface area contributed by atoms with Gasteiger partial charge < -0.3 is 5.32 Å². The first-order valence-electron chi connectivity index (χ1n) is 5.52. The lowest BCUT2D eigenvalue weighted by molar-refractivity contribution is 0.715. The fourth-order valence-corrected chi connectivity index (χ4v) is 1.93. The Morgan fingerprint density at radius 1 is 1.56 bits per heavy atom. The summed E-state index contributed by atoms with van der Waals surface area (Å²) in [6, 6.07) is 1.90. The maximum atomic E-state index is 4.33. The molecular weight excluding hydrogens is 218 g/mol. The molecular formula is C12H19N3S. The fraction of sp³-hybridized carbons (Fsp3) is 0.500. The predicted octanol–water partition coefficient (Wildman–Crippen LogP) is 2.43. The van der Waals surface area contributed by atoms with E-state index < -0.39 is 0 Å². The summed E-state index contributed by atoms with van der Waals surface area (Å²) in [7, 11) is 0. The van der Waals surface area contributed by atoms with Crippen LogP contribution in [0.4, 0.5) is 0 Å². The van der Waals surface area contributed by atoms with Crippen LogP contribution in [0.1, 0.15) is 19.0 Å². The largest absolute Gasteiger partial charge is 0.313 e.